The van der Waals surface area contributed by atoms with Crippen LogP contribution in [0.25, 0.3) is 0 Å². The predicted octanol–water partition coefficient (Wildman–Crippen LogP) is 5.35. The van der Waals surface area contributed by atoms with Crippen LogP contribution >= 0.6 is 0 Å². The molecule has 0 saturated heterocycles. The molecule has 0 aliphatic carbocycles. The van der Waals surface area contributed by atoms with Crippen molar-refractivity contribution in [3.05, 3.63) is 0 Å². The molecule has 0 aliphatic rings. The Morgan fingerprint density at radius 1 is 0.667 bits per heavy atom. The standard InChI is InChI=1S/C18H34O6/c1-9-13(7)15(11(3)4)21-17(19)23-24-18(20)22-16(12(5)6)14(8)10-2/h11-16H,9-10H2,1-8H3. The molecule has 0 saturated carbocycles. The van der Waals surface area contributed by atoms with Gasteiger partial charge in [0.1, 0.15) is 12.2 Å². The van der Waals surface area contributed by atoms with Crippen molar-refractivity contribution in [2.45, 2.75) is 80.4 Å². The maximum Gasteiger partial charge on any atom is 0.550 e. The third kappa shape index (κ3) is 7.88. The summed E-state index contributed by atoms with van der Waals surface area (Å²) in [4.78, 5) is 32.3. The molecule has 142 valence electrons. The fourth-order valence-electron chi connectivity index (χ4n) is 2.61. The largest absolute Gasteiger partial charge is 0.550 e. The van der Waals surface area contributed by atoms with Gasteiger partial charge in [0, 0.05) is 0 Å². The van der Waals surface area contributed by atoms with Gasteiger partial charge in [-0.1, -0.05) is 68.2 Å². The first kappa shape index (κ1) is 22.5. The van der Waals surface area contributed by atoms with E-state index in [1.807, 2.05) is 55.4 Å². The SMILES string of the molecule is CCC(C)C(OC(=O)OOC(=O)OC(C(C)C)C(C)CC)C(C)C. The van der Waals surface area contributed by atoms with Crippen molar-refractivity contribution in [2.24, 2.45) is 23.7 Å². The third-order valence-corrected chi connectivity index (χ3v) is 4.37. The van der Waals surface area contributed by atoms with Gasteiger partial charge in [-0.05, 0) is 23.7 Å². The van der Waals surface area contributed by atoms with E-state index in [0.717, 1.165) is 12.8 Å². The molecule has 0 heterocycles. The summed E-state index contributed by atoms with van der Waals surface area (Å²) in [6.45, 7) is 15.8. The van der Waals surface area contributed by atoms with Crippen molar-refractivity contribution in [3.63, 3.8) is 0 Å². The lowest BCUT2D eigenvalue weighted by atomic mass is 9.93. The zero-order valence-corrected chi connectivity index (χ0v) is 16.3. The highest BCUT2D eigenvalue weighted by molar-refractivity contribution is 5.63. The second-order valence-electron chi connectivity index (χ2n) is 7.09. The van der Waals surface area contributed by atoms with Gasteiger partial charge in [0.05, 0.1) is 0 Å². The molecule has 0 bridgehead atoms. The van der Waals surface area contributed by atoms with Gasteiger partial charge in [-0.15, -0.1) is 0 Å². The maximum absolute atomic E-state index is 11.7. The van der Waals surface area contributed by atoms with Crippen LogP contribution in [0, 0.1) is 23.7 Å². The van der Waals surface area contributed by atoms with Crippen LogP contribution < -0.4 is 0 Å². The summed E-state index contributed by atoms with van der Waals surface area (Å²) in [6, 6.07) is 0. The number of carbonyl (C=O) groups is 2. The van der Waals surface area contributed by atoms with Crippen LogP contribution in [-0.2, 0) is 19.2 Å². The van der Waals surface area contributed by atoms with Crippen LogP contribution in [0.2, 0.25) is 0 Å². The molecule has 0 amide bonds. The zero-order chi connectivity index (χ0) is 18.9. The van der Waals surface area contributed by atoms with Crippen molar-refractivity contribution in [1.29, 1.82) is 0 Å². The van der Waals surface area contributed by atoms with Crippen molar-refractivity contribution in [1.82, 2.24) is 0 Å². The highest BCUT2D eigenvalue weighted by Crippen LogP contribution is 2.21. The first-order valence-electron chi connectivity index (χ1n) is 8.89. The van der Waals surface area contributed by atoms with Crippen molar-refractivity contribution < 1.29 is 28.8 Å². The Balaban J connectivity index is 4.46. The summed E-state index contributed by atoms with van der Waals surface area (Å²) < 4.78 is 10.5. The van der Waals surface area contributed by atoms with E-state index in [4.69, 9.17) is 9.47 Å². The molecule has 0 aromatic rings. The molecule has 0 spiro atoms. The fourth-order valence-corrected chi connectivity index (χ4v) is 2.61. The minimum absolute atomic E-state index is 0.134. The quantitative estimate of drug-likeness (QED) is 0.335. The summed E-state index contributed by atoms with van der Waals surface area (Å²) in [7, 11) is 0. The van der Waals surface area contributed by atoms with Crippen LogP contribution in [-0.4, -0.2) is 24.5 Å². The lowest BCUT2D eigenvalue weighted by Crippen LogP contribution is -2.32. The Morgan fingerprint density at radius 2 is 0.958 bits per heavy atom. The van der Waals surface area contributed by atoms with Crippen LogP contribution in [0.4, 0.5) is 9.59 Å². The predicted molar refractivity (Wildman–Crippen MR) is 91.3 cm³/mol. The minimum atomic E-state index is -1.03. The van der Waals surface area contributed by atoms with Gasteiger partial charge in [0.15, 0.2) is 0 Å². The lowest BCUT2D eigenvalue weighted by molar-refractivity contribution is -0.230. The highest BCUT2D eigenvalue weighted by Gasteiger charge is 2.28. The van der Waals surface area contributed by atoms with E-state index in [1.54, 1.807) is 0 Å². The van der Waals surface area contributed by atoms with Crippen LogP contribution in [0.15, 0.2) is 0 Å². The zero-order valence-electron chi connectivity index (χ0n) is 16.3. The smallest absolute Gasteiger partial charge is 0.428 e. The molecule has 0 aromatic carbocycles. The van der Waals surface area contributed by atoms with Crippen molar-refractivity contribution in [3.8, 4) is 0 Å². The van der Waals surface area contributed by atoms with Gasteiger partial charge in [-0.25, -0.2) is 0 Å². The van der Waals surface area contributed by atoms with Crippen molar-refractivity contribution in [2.75, 3.05) is 0 Å². The van der Waals surface area contributed by atoms with E-state index in [0.29, 0.717) is 0 Å². The molecule has 0 fully saturated rings. The Hall–Kier alpha value is -1.46. The van der Waals surface area contributed by atoms with Crippen molar-refractivity contribution >= 4 is 12.3 Å². The summed E-state index contributed by atoms with van der Waals surface area (Å²) in [6.07, 6.45) is -0.934. The second kappa shape index (κ2) is 11.2. The normalized spacial score (nSPS) is 16.2. The Morgan fingerprint density at radius 3 is 1.17 bits per heavy atom. The molecular weight excluding hydrogens is 312 g/mol. The van der Waals surface area contributed by atoms with Crippen LogP contribution in [0.1, 0.15) is 68.2 Å². The Kier molecular flexibility index (Phi) is 10.5. The molecule has 0 aromatic heterocycles. The van der Waals surface area contributed by atoms with E-state index >= 15 is 0 Å². The summed E-state index contributed by atoms with van der Waals surface area (Å²) in [5.74, 6) is 0.630. The lowest BCUT2D eigenvalue weighted by Gasteiger charge is -2.26. The van der Waals surface area contributed by atoms with E-state index in [2.05, 4.69) is 9.78 Å². The molecule has 0 aliphatic heterocycles. The fraction of sp³-hybridized carbons (Fsp3) is 0.889. The molecular formula is C18H34O6. The van der Waals surface area contributed by atoms with E-state index in [9.17, 15) is 9.59 Å². The van der Waals surface area contributed by atoms with Gasteiger partial charge < -0.3 is 9.47 Å². The first-order valence-corrected chi connectivity index (χ1v) is 8.89. The molecule has 6 heteroatoms. The number of hydrogen-bond acceptors (Lipinski definition) is 6. The summed E-state index contributed by atoms with van der Waals surface area (Å²) in [5.41, 5.74) is 0. The average Bonchev–Trinajstić information content (AvgIpc) is 2.53. The number of rotatable bonds is 8. The van der Waals surface area contributed by atoms with Gasteiger partial charge in [0.2, 0.25) is 0 Å². The van der Waals surface area contributed by atoms with E-state index in [-0.39, 0.29) is 35.9 Å². The van der Waals surface area contributed by atoms with E-state index in [1.165, 1.54) is 0 Å². The highest BCUT2D eigenvalue weighted by atomic mass is 17.3. The summed E-state index contributed by atoms with van der Waals surface area (Å²) >= 11 is 0. The van der Waals surface area contributed by atoms with Crippen LogP contribution in [0.3, 0.4) is 0 Å². The molecule has 4 unspecified atom stereocenters. The third-order valence-electron chi connectivity index (χ3n) is 4.37. The van der Waals surface area contributed by atoms with Gasteiger partial charge in [-0.3, -0.25) is 0 Å². The number of ether oxygens (including phenoxy) is 2. The summed E-state index contributed by atoms with van der Waals surface area (Å²) in [5, 5.41) is 0. The topological polar surface area (TPSA) is 71.1 Å². The maximum atomic E-state index is 11.7. The average molecular weight is 346 g/mol. The van der Waals surface area contributed by atoms with Gasteiger partial charge >= 0.3 is 12.3 Å². The molecule has 4 atom stereocenters. The number of carbonyl (C=O) groups excluding carboxylic acids is 2. The first-order chi connectivity index (χ1) is 11.1. The molecule has 24 heavy (non-hydrogen) atoms. The number of hydrogen-bond donors (Lipinski definition) is 0. The van der Waals surface area contributed by atoms with Crippen LogP contribution in [0.5, 0.6) is 0 Å². The van der Waals surface area contributed by atoms with Gasteiger partial charge in [0.25, 0.3) is 0 Å². The second-order valence-corrected chi connectivity index (χ2v) is 7.09. The Bertz CT molecular complexity index is 344. The molecule has 0 N–H and O–H groups in total. The minimum Gasteiger partial charge on any atom is -0.428 e. The monoisotopic (exact) mass is 346 g/mol. The molecule has 0 radical (unpaired) electrons. The Labute approximate surface area is 146 Å². The molecule has 6 nitrogen and oxygen atoms in total. The molecule has 0 rings (SSSR count). The van der Waals surface area contributed by atoms with Gasteiger partial charge in [-0.2, -0.15) is 19.4 Å². The van der Waals surface area contributed by atoms with E-state index < -0.39 is 12.3 Å².